The van der Waals surface area contributed by atoms with Crippen molar-refractivity contribution >= 4 is 38.9 Å². The molecule has 29 heavy (non-hydrogen) atoms. The van der Waals surface area contributed by atoms with Crippen LogP contribution < -0.4 is 21.1 Å². The number of carbonyl (C=O) groups excluding carboxylic acids is 1. The molecule has 0 spiro atoms. The molecular formula is C23H30BrN3O2. The van der Waals surface area contributed by atoms with E-state index in [1.807, 2.05) is 38.1 Å². The molecule has 1 aliphatic carbocycles. The van der Waals surface area contributed by atoms with Gasteiger partial charge in [0.05, 0.1) is 18.5 Å². The van der Waals surface area contributed by atoms with Gasteiger partial charge in [0.25, 0.3) is 0 Å². The lowest BCUT2D eigenvalue weighted by molar-refractivity contribution is -0.120. The van der Waals surface area contributed by atoms with Crippen molar-refractivity contribution < 1.29 is 9.53 Å². The summed E-state index contributed by atoms with van der Waals surface area (Å²) < 4.78 is 6.54. The second-order valence-corrected chi connectivity index (χ2v) is 8.63. The lowest BCUT2D eigenvalue weighted by atomic mass is 9.88. The SMILES string of the molecule is COc1c(C)ccc(NC(=O)C2CCCCC2)c1NCc1c(C)ccc(Br)c1N. The molecule has 0 aliphatic heterocycles. The van der Waals surface area contributed by atoms with Crippen molar-refractivity contribution in [2.45, 2.75) is 52.5 Å². The van der Waals surface area contributed by atoms with Crippen molar-refractivity contribution in [3.8, 4) is 5.75 Å². The van der Waals surface area contributed by atoms with Gasteiger partial charge in [-0.3, -0.25) is 4.79 Å². The summed E-state index contributed by atoms with van der Waals surface area (Å²) in [5.74, 6) is 0.918. The number of methoxy groups -OCH3 is 1. The van der Waals surface area contributed by atoms with Crippen LogP contribution >= 0.6 is 15.9 Å². The molecule has 0 bridgehead atoms. The van der Waals surface area contributed by atoms with E-state index in [1.54, 1.807) is 7.11 Å². The van der Waals surface area contributed by atoms with E-state index in [4.69, 9.17) is 10.5 Å². The highest BCUT2D eigenvalue weighted by atomic mass is 79.9. The molecule has 6 heteroatoms. The third-order valence-corrected chi connectivity index (χ3v) is 6.46. The molecule has 2 aromatic carbocycles. The van der Waals surface area contributed by atoms with Gasteiger partial charge in [0.2, 0.25) is 5.91 Å². The maximum Gasteiger partial charge on any atom is 0.227 e. The quantitative estimate of drug-likeness (QED) is 0.477. The Bertz CT molecular complexity index is 892. The van der Waals surface area contributed by atoms with Gasteiger partial charge in [-0.05, 0) is 71.4 Å². The number of halogens is 1. The van der Waals surface area contributed by atoms with Crippen LogP contribution in [0.5, 0.6) is 5.75 Å². The molecular weight excluding hydrogens is 430 g/mol. The molecule has 1 saturated carbocycles. The second-order valence-electron chi connectivity index (χ2n) is 7.77. The average molecular weight is 460 g/mol. The van der Waals surface area contributed by atoms with E-state index < -0.39 is 0 Å². The number of hydrogen-bond acceptors (Lipinski definition) is 4. The highest BCUT2D eigenvalue weighted by Crippen LogP contribution is 2.38. The van der Waals surface area contributed by atoms with Crippen molar-refractivity contribution in [3.63, 3.8) is 0 Å². The van der Waals surface area contributed by atoms with Crippen molar-refractivity contribution in [1.29, 1.82) is 0 Å². The molecule has 0 aromatic heterocycles. The molecule has 0 radical (unpaired) electrons. The van der Waals surface area contributed by atoms with E-state index in [1.165, 1.54) is 6.42 Å². The zero-order valence-electron chi connectivity index (χ0n) is 17.4. The van der Waals surface area contributed by atoms with Crippen molar-refractivity contribution in [2.75, 3.05) is 23.5 Å². The zero-order valence-corrected chi connectivity index (χ0v) is 19.0. The number of ether oxygens (including phenoxy) is 1. The van der Waals surface area contributed by atoms with Gasteiger partial charge in [0.1, 0.15) is 11.4 Å². The topological polar surface area (TPSA) is 76.4 Å². The minimum Gasteiger partial charge on any atom is -0.494 e. The third-order valence-electron chi connectivity index (χ3n) is 5.77. The minimum absolute atomic E-state index is 0.0897. The number of rotatable bonds is 6. The van der Waals surface area contributed by atoms with Gasteiger partial charge in [-0.2, -0.15) is 0 Å². The van der Waals surface area contributed by atoms with E-state index in [0.717, 1.165) is 69.7 Å². The Labute approximate surface area is 181 Å². The number of nitrogens with one attached hydrogen (secondary N) is 2. The average Bonchev–Trinajstić information content (AvgIpc) is 2.73. The van der Waals surface area contributed by atoms with Crippen LogP contribution in [-0.2, 0) is 11.3 Å². The Kier molecular flexibility index (Phi) is 7.06. The first-order chi connectivity index (χ1) is 13.9. The number of amides is 1. The van der Waals surface area contributed by atoms with Crippen LogP contribution in [0.1, 0.15) is 48.8 Å². The standard InChI is InChI=1S/C23H30BrN3O2/c1-14-9-11-18(24)20(25)17(14)13-26-21-19(12-10-15(2)22(21)29-3)27-23(28)16-7-5-4-6-8-16/h9-12,16,26H,4-8,13,25H2,1-3H3,(H,27,28). The number of benzene rings is 2. The summed E-state index contributed by atoms with van der Waals surface area (Å²) in [6.07, 6.45) is 5.41. The Morgan fingerprint density at radius 2 is 1.83 bits per heavy atom. The predicted octanol–water partition coefficient (Wildman–Crippen LogP) is 5.79. The first-order valence-electron chi connectivity index (χ1n) is 10.2. The molecule has 0 unspecified atom stereocenters. The Morgan fingerprint density at radius 1 is 1.14 bits per heavy atom. The number of nitrogen functional groups attached to an aromatic ring is 1. The third kappa shape index (κ3) is 4.86. The van der Waals surface area contributed by atoms with Gasteiger partial charge in [0, 0.05) is 16.9 Å². The molecule has 5 nitrogen and oxygen atoms in total. The Hall–Kier alpha value is -2.21. The molecule has 0 heterocycles. The first kappa shape index (κ1) is 21.5. The van der Waals surface area contributed by atoms with Crippen LogP contribution in [0.25, 0.3) is 0 Å². The maximum atomic E-state index is 12.8. The van der Waals surface area contributed by atoms with E-state index >= 15 is 0 Å². The van der Waals surface area contributed by atoms with Gasteiger partial charge in [0.15, 0.2) is 0 Å². The lowest BCUT2D eigenvalue weighted by Crippen LogP contribution is -2.25. The smallest absolute Gasteiger partial charge is 0.227 e. The van der Waals surface area contributed by atoms with E-state index in [2.05, 4.69) is 26.6 Å². The summed E-state index contributed by atoms with van der Waals surface area (Å²) >= 11 is 3.50. The minimum atomic E-state index is 0.0897. The first-order valence-corrected chi connectivity index (χ1v) is 11.0. The van der Waals surface area contributed by atoms with Crippen LogP contribution in [0.4, 0.5) is 17.1 Å². The predicted molar refractivity (Wildman–Crippen MR) is 124 cm³/mol. The summed E-state index contributed by atoms with van der Waals surface area (Å²) in [6, 6.07) is 7.91. The molecule has 1 aliphatic rings. The monoisotopic (exact) mass is 459 g/mol. The van der Waals surface area contributed by atoms with Crippen LogP contribution in [0.15, 0.2) is 28.7 Å². The van der Waals surface area contributed by atoms with Crippen LogP contribution in [0, 0.1) is 19.8 Å². The summed E-state index contributed by atoms with van der Waals surface area (Å²) in [5.41, 5.74) is 11.7. The van der Waals surface area contributed by atoms with Gasteiger partial charge >= 0.3 is 0 Å². The molecule has 1 amide bonds. The highest BCUT2D eigenvalue weighted by Gasteiger charge is 2.23. The molecule has 0 atom stereocenters. The molecule has 4 N–H and O–H groups in total. The number of aryl methyl sites for hydroxylation is 2. The normalized spacial score (nSPS) is 14.5. The molecule has 0 saturated heterocycles. The highest BCUT2D eigenvalue weighted by molar-refractivity contribution is 9.10. The van der Waals surface area contributed by atoms with Crippen molar-refractivity contribution in [2.24, 2.45) is 5.92 Å². The van der Waals surface area contributed by atoms with Crippen molar-refractivity contribution in [3.05, 3.63) is 45.4 Å². The largest absolute Gasteiger partial charge is 0.494 e. The van der Waals surface area contributed by atoms with Crippen LogP contribution in [-0.4, -0.2) is 13.0 Å². The van der Waals surface area contributed by atoms with Gasteiger partial charge in [-0.15, -0.1) is 0 Å². The fraction of sp³-hybridized carbons (Fsp3) is 0.435. The number of anilines is 3. The maximum absolute atomic E-state index is 12.8. The lowest BCUT2D eigenvalue weighted by Gasteiger charge is -2.23. The zero-order chi connectivity index (χ0) is 21.0. The molecule has 3 rings (SSSR count). The number of nitrogens with two attached hydrogens (primary N) is 1. The Balaban J connectivity index is 1.87. The molecule has 156 valence electrons. The number of hydrogen-bond donors (Lipinski definition) is 3. The van der Waals surface area contributed by atoms with Crippen molar-refractivity contribution in [1.82, 2.24) is 0 Å². The van der Waals surface area contributed by atoms with Crippen LogP contribution in [0.2, 0.25) is 0 Å². The fourth-order valence-corrected chi connectivity index (χ4v) is 4.36. The Morgan fingerprint density at radius 3 is 2.52 bits per heavy atom. The van der Waals surface area contributed by atoms with E-state index in [-0.39, 0.29) is 11.8 Å². The van der Waals surface area contributed by atoms with E-state index in [9.17, 15) is 4.79 Å². The second kappa shape index (κ2) is 9.53. The van der Waals surface area contributed by atoms with Gasteiger partial charge in [-0.25, -0.2) is 0 Å². The fourth-order valence-electron chi connectivity index (χ4n) is 3.99. The summed E-state index contributed by atoms with van der Waals surface area (Å²) in [7, 11) is 1.65. The summed E-state index contributed by atoms with van der Waals surface area (Å²) in [6.45, 7) is 4.57. The number of carbonyl (C=O) groups is 1. The van der Waals surface area contributed by atoms with Gasteiger partial charge < -0.3 is 21.1 Å². The van der Waals surface area contributed by atoms with Gasteiger partial charge in [-0.1, -0.05) is 31.4 Å². The van der Waals surface area contributed by atoms with E-state index in [0.29, 0.717) is 6.54 Å². The van der Waals surface area contributed by atoms with Crippen LogP contribution in [0.3, 0.4) is 0 Å². The molecule has 2 aromatic rings. The summed E-state index contributed by atoms with van der Waals surface area (Å²) in [4.78, 5) is 12.8. The summed E-state index contributed by atoms with van der Waals surface area (Å²) in [5, 5.41) is 6.60. The molecule has 1 fully saturated rings.